The number of amides is 1. The fourth-order valence-electron chi connectivity index (χ4n) is 3.65. The summed E-state index contributed by atoms with van der Waals surface area (Å²) in [6.45, 7) is 4.73. The molecule has 0 saturated carbocycles. The molecule has 21 heavy (non-hydrogen) atoms. The van der Waals surface area contributed by atoms with Crippen LogP contribution in [0.25, 0.3) is 0 Å². The second-order valence-corrected chi connectivity index (χ2v) is 6.09. The van der Waals surface area contributed by atoms with E-state index >= 15 is 0 Å². The van der Waals surface area contributed by atoms with Gasteiger partial charge in [-0.1, -0.05) is 20.3 Å². The fourth-order valence-corrected chi connectivity index (χ4v) is 3.65. The minimum atomic E-state index is -0.364. The Morgan fingerprint density at radius 3 is 2.67 bits per heavy atom. The number of hydrogen-bond acceptors (Lipinski definition) is 3. The topological polar surface area (TPSA) is 63.4 Å². The van der Waals surface area contributed by atoms with E-state index in [1.54, 1.807) is 4.90 Å². The van der Waals surface area contributed by atoms with E-state index in [1.807, 2.05) is 13.0 Å². The molecule has 3 rings (SSSR count). The predicted octanol–water partition coefficient (Wildman–Crippen LogP) is 2.00. The van der Waals surface area contributed by atoms with Crippen molar-refractivity contribution in [3.8, 4) is 0 Å². The first-order valence-electron chi connectivity index (χ1n) is 7.87. The third-order valence-electron chi connectivity index (χ3n) is 4.47. The van der Waals surface area contributed by atoms with Gasteiger partial charge < -0.3 is 10.6 Å². The Morgan fingerprint density at radius 1 is 1.24 bits per heavy atom. The second kappa shape index (κ2) is 5.26. The largest absolute Gasteiger partial charge is 0.327 e. The Labute approximate surface area is 125 Å². The Balaban J connectivity index is 2.19. The number of rotatable bonds is 4. The highest BCUT2D eigenvalue weighted by Gasteiger charge is 2.39. The van der Waals surface area contributed by atoms with Crippen LogP contribution in [-0.2, 0) is 24.1 Å². The smallest absolute Gasteiger partial charge is 0.299 e. The van der Waals surface area contributed by atoms with Crippen LogP contribution >= 0.6 is 0 Å². The number of Topliss-reactive ketones (excluding diaryl/α,β-unsaturated/α-hetero) is 1. The van der Waals surface area contributed by atoms with Crippen LogP contribution in [0, 0.1) is 0 Å². The number of hydrogen-bond donors (Lipinski definition) is 1. The second-order valence-electron chi connectivity index (χ2n) is 6.09. The lowest BCUT2D eigenvalue weighted by Gasteiger charge is -2.18. The Morgan fingerprint density at radius 2 is 2.00 bits per heavy atom. The van der Waals surface area contributed by atoms with Gasteiger partial charge in [-0.2, -0.15) is 0 Å². The van der Waals surface area contributed by atoms with Crippen molar-refractivity contribution in [2.24, 2.45) is 5.73 Å². The molecule has 2 aliphatic rings. The van der Waals surface area contributed by atoms with E-state index in [4.69, 9.17) is 5.73 Å². The lowest BCUT2D eigenvalue weighted by Crippen LogP contribution is -2.30. The molecule has 1 heterocycles. The summed E-state index contributed by atoms with van der Waals surface area (Å²) in [5, 5.41) is 0. The zero-order valence-corrected chi connectivity index (χ0v) is 12.7. The number of nitrogens with two attached hydrogens (primary N) is 1. The zero-order valence-electron chi connectivity index (χ0n) is 12.7. The van der Waals surface area contributed by atoms with Gasteiger partial charge in [0, 0.05) is 12.6 Å². The molecule has 1 amide bonds. The van der Waals surface area contributed by atoms with Gasteiger partial charge in [0.2, 0.25) is 0 Å². The molecular formula is C17H22N2O2. The highest BCUT2D eigenvalue weighted by Crippen LogP contribution is 2.39. The summed E-state index contributed by atoms with van der Waals surface area (Å²) >= 11 is 0. The molecule has 4 nitrogen and oxygen atoms in total. The molecule has 2 N–H and O–H groups in total. The molecular weight excluding hydrogens is 264 g/mol. The molecule has 4 heteroatoms. The van der Waals surface area contributed by atoms with E-state index in [0.717, 1.165) is 43.4 Å². The molecule has 1 aromatic rings. The lowest BCUT2D eigenvalue weighted by atomic mass is 9.92. The minimum absolute atomic E-state index is 0.142. The van der Waals surface area contributed by atoms with Crippen molar-refractivity contribution in [2.45, 2.75) is 52.0 Å². The molecule has 0 fully saturated rings. The van der Waals surface area contributed by atoms with Crippen LogP contribution in [0.3, 0.4) is 0 Å². The highest BCUT2D eigenvalue weighted by atomic mass is 16.2. The Kier molecular flexibility index (Phi) is 3.57. The third kappa shape index (κ3) is 2.09. The number of fused-ring (bicyclic) bond motifs is 2. The van der Waals surface area contributed by atoms with Crippen molar-refractivity contribution in [1.29, 1.82) is 0 Å². The van der Waals surface area contributed by atoms with E-state index in [0.29, 0.717) is 12.1 Å². The summed E-state index contributed by atoms with van der Waals surface area (Å²) in [4.78, 5) is 26.3. The summed E-state index contributed by atoms with van der Waals surface area (Å²) in [5.41, 5.74) is 11.1. The fraction of sp³-hybridized carbons (Fsp3) is 0.529. The van der Waals surface area contributed by atoms with E-state index in [1.165, 1.54) is 11.1 Å². The predicted molar refractivity (Wildman–Crippen MR) is 82.8 cm³/mol. The van der Waals surface area contributed by atoms with Crippen LogP contribution in [0.5, 0.6) is 0 Å². The molecule has 1 unspecified atom stereocenters. The molecule has 1 aliphatic carbocycles. The van der Waals surface area contributed by atoms with E-state index in [2.05, 4.69) is 6.92 Å². The number of anilines is 1. The molecule has 0 aromatic heterocycles. The van der Waals surface area contributed by atoms with Gasteiger partial charge in [0.1, 0.15) is 0 Å². The summed E-state index contributed by atoms with van der Waals surface area (Å²) < 4.78 is 0. The van der Waals surface area contributed by atoms with E-state index < -0.39 is 0 Å². The number of nitrogens with zero attached hydrogens (tertiary/aromatic N) is 1. The molecule has 0 spiro atoms. The molecule has 0 radical (unpaired) electrons. The maximum atomic E-state index is 12.4. The zero-order chi connectivity index (χ0) is 15.1. The number of carbonyl (C=O) groups excluding carboxylic acids is 2. The van der Waals surface area contributed by atoms with Crippen molar-refractivity contribution in [2.75, 3.05) is 11.4 Å². The van der Waals surface area contributed by atoms with Gasteiger partial charge >= 0.3 is 0 Å². The van der Waals surface area contributed by atoms with Gasteiger partial charge in [-0.15, -0.1) is 0 Å². The monoisotopic (exact) mass is 286 g/mol. The van der Waals surface area contributed by atoms with Gasteiger partial charge in [-0.05, 0) is 48.4 Å². The summed E-state index contributed by atoms with van der Waals surface area (Å²) in [6, 6.07) is 2.18. The van der Waals surface area contributed by atoms with Crippen molar-refractivity contribution in [3.63, 3.8) is 0 Å². The van der Waals surface area contributed by atoms with Gasteiger partial charge in [-0.25, -0.2) is 0 Å². The van der Waals surface area contributed by atoms with Crippen molar-refractivity contribution in [3.05, 3.63) is 28.3 Å². The molecule has 112 valence electrons. The van der Waals surface area contributed by atoms with Crippen molar-refractivity contribution in [1.82, 2.24) is 0 Å². The third-order valence-corrected chi connectivity index (χ3v) is 4.47. The average Bonchev–Trinajstić information content (AvgIpc) is 2.92. The van der Waals surface area contributed by atoms with Crippen LogP contribution in [-0.4, -0.2) is 24.3 Å². The average molecular weight is 286 g/mol. The quantitative estimate of drug-likeness (QED) is 0.861. The SMILES string of the molecule is CCCc1c2c(cc3c1C(=O)C(=O)N3CCC)CC(N)C2. The Hall–Kier alpha value is -1.68. The normalized spacial score (nSPS) is 20.1. The van der Waals surface area contributed by atoms with Crippen LogP contribution in [0.4, 0.5) is 5.69 Å². The number of benzene rings is 1. The first-order chi connectivity index (χ1) is 10.1. The molecule has 1 aromatic carbocycles. The highest BCUT2D eigenvalue weighted by molar-refractivity contribution is 6.52. The summed E-state index contributed by atoms with van der Waals surface area (Å²) in [5.74, 6) is -0.692. The van der Waals surface area contributed by atoms with Gasteiger partial charge in [0.25, 0.3) is 11.7 Å². The maximum Gasteiger partial charge on any atom is 0.299 e. The lowest BCUT2D eigenvalue weighted by molar-refractivity contribution is -0.114. The first-order valence-corrected chi connectivity index (χ1v) is 7.87. The van der Waals surface area contributed by atoms with Crippen LogP contribution < -0.4 is 10.6 Å². The standard InChI is InChI=1S/C17H22N2O2/c1-3-5-12-13-9-11(18)7-10(13)8-14-15(12)16(20)17(21)19(14)6-4-2/h8,11H,3-7,9,18H2,1-2H3. The van der Waals surface area contributed by atoms with Gasteiger partial charge in [0.05, 0.1) is 11.3 Å². The molecule has 1 aliphatic heterocycles. The van der Waals surface area contributed by atoms with Crippen LogP contribution in [0.15, 0.2) is 6.07 Å². The number of ketones is 1. The number of carbonyl (C=O) groups is 2. The Bertz CT molecular complexity index is 622. The first kappa shape index (κ1) is 14.3. The van der Waals surface area contributed by atoms with Crippen LogP contribution in [0.1, 0.15) is 53.7 Å². The van der Waals surface area contributed by atoms with Crippen LogP contribution in [0.2, 0.25) is 0 Å². The minimum Gasteiger partial charge on any atom is -0.327 e. The van der Waals surface area contributed by atoms with E-state index in [9.17, 15) is 9.59 Å². The maximum absolute atomic E-state index is 12.4. The molecule has 0 bridgehead atoms. The summed E-state index contributed by atoms with van der Waals surface area (Å²) in [7, 11) is 0. The molecule has 0 saturated heterocycles. The van der Waals surface area contributed by atoms with Gasteiger partial charge in [-0.3, -0.25) is 9.59 Å². The van der Waals surface area contributed by atoms with Crippen molar-refractivity contribution < 1.29 is 9.59 Å². The van der Waals surface area contributed by atoms with E-state index in [-0.39, 0.29) is 17.7 Å². The summed E-state index contributed by atoms with van der Waals surface area (Å²) in [6.07, 6.45) is 4.33. The van der Waals surface area contributed by atoms with Crippen molar-refractivity contribution >= 4 is 17.4 Å². The molecule has 1 atom stereocenters. The van der Waals surface area contributed by atoms with Gasteiger partial charge in [0.15, 0.2) is 0 Å².